The van der Waals surface area contributed by atoms with Crippen LogP contribution in [0.3, 0.4) is 0 Å². The van der Waals surface area contributed by atoms with Gasteiger partial charge in [0.05, 0.1) is 17.3 Å². The van der Waals surface area contributed by atoms with Crippen LogP contribution in [0.4, 0.5) is 5.95 Å². The second-order valence-corrected chi connectivity index (χ2v) is 5.76. The molecular weight excluding hydrogens is 317 g/mol. The molecule has 1 unspecified atom stereocenters. The van der Waals surface area contributed by atoms with Gasteiger partial charge in [0.1, 0.15) is 0 Å². The van der Waals surface area contributed by atoms with Crippen LogP contribution < -0.4 is 39.0 Å². The van der Waals surface area contributed by atoms with Crippen molar-refractivity contribution in [3.05, 3.63) is 42.7 Å². The molecule has 1 atom stereocenters. The smallest absolute Gasteiger partial charge is 1.00 e. The average Bonchev–Trinajstić information content (AvgIpc) is 2.50. The number of nitrogens with one attached hydrogen (secondary N) is 1. The fourth-order valence-electron chi connectivity index (χ4n) is 1.45. The summed E-state index contributed by atoms with van der Waals surface area (Å²) in [4.78, 5) is 7.93. The number of ether oxygens (including phenoxy) is 2. The van der Waals surface area contributed by atoms with Gasteiger partial charge in [0, 0.05) is 7.11 Å². The van der Waals surface area contributed by atoms with Gasteiger partial charge in [-0.1, -0.05) is 18.2 Å². The summed E-state index contributed by atoms with van der Waals surface area (Å²) in [6.45, 7) is 1.71. The second-order valence-electron chi connectivity index (χ2n) is 4.08. The molecule has 1 aromatic heterocycles. The predicted molar refractivity (Wildman–Crippen MR) is 77.5 cm³/mol. The van der Waals surface area contributed by atoms with Gasteiger partial charge in [0.25, 0.3) is 10.0 Å². The zero-order valence-corrected chi connectivity index (χ0v) is 15.4. The van der Waals surface area contributed by atoms with Crippen LogP contribution in [0.15, 0.2) is 47.6 Å². The first-order valence-corrected chi connectivity index (χ1v) is 7.59. The largest absolute Gasteiger partial charge is 1.00 e. The molecule has 0 aliphatic rings. The first-order chi connectivity index (χ1) is 10.0. The molecule has 1 aromatic carbocycles. The minimum absolute atomic E-state index is 0. The Morgan fingerprint density at radius 1 is 1.18 bits per heavy atom. The molecule has 114 valence electrons. The molecule has 2 rings (SSSR count). The summed E-state index contributed by atoms with van der Waals surface area (Å²) in [7, 11) is -2.19. The molecule has 1 N–H and O–H groups in total. The van der Waals surface area contributed by atoms with Crippen LogP contribution >= 0.6 is 0 Å². The SMILES string of the molecule is COC(C)Oc1cnc(NS(=O)(=O)c2ccccc2)nc1.[H-].[Na+]. The van der Waals surface area contributed by atoms with Gasteiger partial charge in [-0.2, -0.15) is 0 Å². The molecule has 0 spiro atoms. The number of sulfonamides is 1. The fraction of sp³-hybridized carbons (Fsp3) is 0.231. The Morgan fingerprint density at radius 3 is 2.32 bits per heavy atom. The zero-order chi connectivity index (χ0) is 15.3. The van der Waals surface area contributed by atoms with Gasteiger partial charge in [0.2, 0.25) is 5.95 Å². The third kappa shape index (κ3) is 5.22. The standard InChI is InChI=1S/C13H15N3O4S.Na.H/c1-10(19-2)20-11-8-14-13(15-9-11)16-21(17,18)12-6-4-3-5-7-12;;/h3-10H,1-2H3,(H,14,15,16);;/q;+1;-1. The number of hydrogen-bond acceptors (Lipinski definition) is 6. The average molecular weight is 333 g/mol. The number of anilines is 1. The predicted octanol–water partition coefficient (Wildman–Crippen LogP) is -1.23. The Morgan fingerprint density at radius 2 is 1.77 bits per heavy atom. The van der Waals surface area contributed by atoms with Crippen LogP contribution in [0.2, 0.25) is 0 Å². The van der Waals surface area contributed by atoms with Crippen molar-refractivity contribution < 1.29 is 48.9 Å². The van der Waals surface area contributed by atoms with E-state index in [1.165, 1.54) is 31.6 Å². The third-order valence-electron chi connectivity index (χ3n) is 2.54. The maximum atomic E-state index is 12.1. The Labute approximate surface area is 152 Å². The molecule has 7 nitrogen and oxygen atoms in total. The topological polar surface area (TPSA) is 90.4 Å². The summed E-state index contributed by atoms with van der Waals surface area (Å²) in [6, 6.07) is 7.98. The summed E-state index contributed by atoms with van der Waals surface area (Å²) < 4.78 is 36.7. The van der Waals surface area contributed by atoms with Gasteiger partial charge in [-0.05, 0) is 19.1 Å². The number of aromatic nitrogens is 2. The molecular formula is C13H16N3NaO4S. The number of methoxy groups -OCH3 is 1. The monoisotopic (exact) mass is 333 g/mol. The molecule has 0 aliphatic heterocycles. The van der Waals surface area contributed by atoms with E-state index in [0.717, 1.165) is 0 Å². The van der Waals surface area contributed by atoms with Gasteiger partial charge in [-0.25, -0.2) is 23.1 Å². The third-order valence-corrected chi connectivity index (χ3v) is 3.89. The number of hydrogen-bond donors (Lipinski definition) is 1. The zero-order valence-electron chi connectivity index (χ0n) is 13.6. The van der Waals surface area contributed by atoms with Gasteiger partial charge >= 0.3 is 29.6 Å². The summed E-state index contributed by atoms with van der Waals surface area (Å²) in [5, 5.41) is 0. The Balaban J connectivity index is 0.00000242. The number of nitrogens with zero attached hydrogens (tertiary/aromatic N) is 2. The van der Waals surface area contributed by atoms with Crippen molar-refractivity contribution >= 4 is 16.0 Å². The summed E-state index contributed by atoms with van der Waals surface area (Å²) in [6.07, 6.45) is 2.29. The quantitative estimate of drug-likeness (QED) is 0.526. The van der Waals surface area contributed by atoms with Crippen molar-refractivity contribution in [2.24, 2.45) is 0 Å². The Kier molecular flexibility index (Phi) is 7.24. The van der Waals surface area contributed by atoms with Crippen molar-refractivity contribution in [1.82, 2.24) is 9.97 Å². The van der Waals surface area contributed by atoms with Crippen molar-refractivity contribution in [1.29, 1.82) is 0 Å². The number of rotatable bonds is 6. The summed E-state index contributed by atoms with van der Waals surface area (Å²) in [5.41, 5.74) is 0. The molecule has 0 aliphatic carbocycles. The van der Waals surface area contributed by atoms with E-state index in [9.17, 15) is 8.42 Å². The molecule has 0 radical (unpaired) electrons. The van der Waals surface area contributed by atoms with Crippen LogP contribution in [0.1, 0.15) is 8.35 Å². The molecule has 2 aromatic rings. The van der Waals surface area contributed by atoms with Crippen molar-refractivity contribution in [3.8, 4) is 5.75 Å². The van der Waals surface area contributed by atoms with E-state index in [1.54, 1.807) is 25.1 Å². The minimum atomic E-state index is -3.69. The maximum absolute atomic E-state index is 12.1. The molecule has 0 saturated carbocycles. The van der Waals surface area contributed by atoms with Crippen molar-refractivity contribution in [3.63, 3.8) is 0 Å². The molecule has 0 bridgehead atoms. The van der Waals surface area contributed by atoms with Crippen LogP contribution in [0.5, 0.6) is 5.75 Å². The first-order valence-electron chi connectivity index (χ1n) is 6.10. The second kappa shape index (κ2) is 8.44. The summed E-state index contributed by atoms with van der Waals surface area (Å²) in [5.74, 6) is 0.350. The van der Waals surface area contributed by atoms with E-state index in [-0.39, 0.29) is 41.8 Å². The maximum Gasteiger partial charge on any atom is 1.00 e. The van der Waals surface area contributed by atoms with Crippen LogP contribution in [0.25, 0.3) is 0 Å². The Hall–Kier alpha value is -1.19. The van der Waals surface area contributed by atoms with Gasteiger partial charge < -0.3 is 10.9 Å². The van der Waals surface area contributed by atoms with E-state index in [4.69, 9.17) is 9.47 Å². The van der Waals surface area contributed by atoms with Crippen molar-refractivity contribution in [2.45, 2.75) is 18.1 Å². The van der Waals surface area contributed by atoms with E-state index in [1.807, 2.05) is 0 Å². The molecule has 0 saturated heterocycles. The van der Waals surface area contributed by atoms with Crippen LogP contribution in [-0.4, -0.2) is 31.8 Å². The van der Waals surface area contributed by atoms with E-state index < -0.39 is 16.3 Å². The first kappa shape index (κ1) is 18.9. The van der Waals surface area contributed by atoms with Crippen molar-refractivity contribution in [2.75, 3.05) is 11.8 Å². The van der Waals surface area contributed by atoms with Gasteiger partial charge in [-0.3, -0.25) is 0 Å². The minimum Gasteiger partial charge on any atom is -1.00 e. The normalized spacial score (nSPS) is 12.1. The van der Waals surface area contributed by atoms with E-state index in [0.29, 0.717) is 5.75 Å². The molecule has 9 heteroatoms. The van der Waals surface area contributed by atoms with E-state index in [2.05, 4.69) is 14.7 Å². The molecule has 22 heavy (non-hydrogen) atoms. The fourth-order valence-corrected chi connectivity index (χ4v) is 2.43. The Bertz CT molecular complexity index is 686. The summed E-state index contributed by atoms with van der Waals surface area (Å²) >= 11 is 0. The molecule has 0 amide bonds. The van der Waals surface area contributed by atoms with Gasteiger partial charge in [0.15, 0.2) is 12.0 Å². The molecule has 0 fully saturated rings. The number of benzene rings is 1. The van der Waals surface area contributed by atoms with E-state index >= 15 is 0 Å². The van der Waals surface area contributed by atoms with Gasteiger partial charge in [-0.15, -0.1) is 0 Å². The molecule has 1 heterocycles. The van der Waals surface area contributed by atoms with Crippen LogP contribution in [-0.2, 0) is 14.8 Å². The van der Waals surface area contributed by atoms with Crippen LogP contribution in [0, 0.1) is 0 Å².